The van der Waals surface area contributed by atoms with Gasteiger partial charge in [0.15, 0.2) is 0 Å². The number of nitrogens with two attached hydrogens (primary N) is 1. The molecule has 2 aromatic carbocycles. The van der Waals surface area contributed by atoms with Crippen LogP contribution >= 0.6 is 0 Å². The number of likely N-dealkylation sites (tertiary alicyclic amines) is 2. The highest BCUT2D eigenvalue weighted by Gasteiger charge is 2.29. The minimum absolute atomic E-state index is 0.0385. The Morgan fingerprint density at radius 2 is 1.55 bits per heavy atom. The molecule has 2 saturated heterocycles. The standard InChI is InChI=1S/C34H40N8O2/c1-40-14-11-29(12-15-40)36-18-23-3-5-24(6-4-23)25-7-9-26(10-8-25)34(44)42-16-13-30(22-42)39-33(43)31-17-27(19-37-32(31)35)28-20-38-41(2)21-28/h3-10,17,19-21,29-30,36H,11-16,18,22H2,1-2H3,(H2,35,37)(H,39,43)/t30-/m1/s1. The van der Waals surface area contributed by atoms with Crippen LogP contribution < -0.4 is 16.4 Å². The molecule has 10 heteroatoms. The molecule has 4 aromatic rings. The Bertz CT molecular complexity index is 1610. The number of nitrogens with zero attached hydrogens (tertiary/aromatic N) is 5. The molecule has 0 aliphatic carbocycles. The lowest BCUT2D eigenvalue weighted by molar-refractivity contribution is 0.0783. The molecule has 2 aliphatic heterocycles. The SMILES string of the molecule is CN1CCC(NCc2ccc(-c3ccc(C(=O)N4CC[C@@H](NC(=O)c5cc(-c6cnn(C)c6)cnc5N)C4)cc3)cc2)CC1. The number of nitrogen functional groups attached to an aromatic ring is 1. The van der Waals surface area contributed by atoms with E-state index in [1.54, 1.807) is 28.0 Å². The second kappa shape index (κ2) is 13.0. The van der Waals surface area contributed by atoms with Crippen LogP contribution in [0.1, 0.15) is 45.5 Å². The van der Waals surface area contributed by atoms with Crippen LogP contribution in [-0.2, 0) is 13.6 Å². The first-order chi connectivity index (χ1) is 21.3. The minimum Gasteiger partial charge on any atom is -0.383 e. The topological polar surface area (TPSA) is 121 Å². The number of amides is 2. The maximum atomic E-state index is 13.3. The summed E-state index contributed by atoms with van der Waals surface area (Å²) in [5.74, 6) is -0.170. The normalized spacial score (nSPS) is 17.6. The van der Waals surface area contributed by atoms with Crippen molar-refractivity contribution in [2.75, 3.05) is 39.0 Å². The van der Waals surface area contributed by atoms with Crippen LogP contribution in [0, 0.1) is 0 Å². The van der Waals surface area contributed by atoms with Crippen LogP contribution in [0.4, 0.5) is 5.82 Å². The van der Waals surface area contributed by atoms with Gasteiger partial charge in [0.2, 0.25) is 0 Å². The molecule has 0 unspecified atom stereocenters. The monoisotopic (exact) mass is 592 g/mol. The number of piperidine rings is 1. The van der Waals surface area contributed by atoms with Gasteiger partial charge in [-0.2, -0.15) is 5.10 Å². The maximum absolute atomic E-state index is 13.3. The van der Waals surface area contributed by atoms with Crippen molar-refractivity contribution in [2.24, 2.45) is 7.05 Å². The molecule has 2 fully saturated rings. The largest absolute Gasteiger partial charge is 0.383 e. The van der Waals surface area contributed by atoms with Crippen molar-refractivity contribution < 1.29 is 9.59 Å². The number of rotatable bonds is 8. The fourth-order valence-corrected chi connectivity index (χ4v) is 5.99. The summed E-state index contributed by atoms with van der Waals surface area (Å²) in [5, 5.41) is 10.9. The van der Waals surface area contributed by atoms with E-state index in [1.165, 1.54) is 18.4 Å². The highest BCUT2D eigenvalue weighted by atomic mass is 16.2. The van der Waals surface area contributed by atoms with Crippen molar-refractivity contribution in [3.05, 3.63) is 89.9 Å². The van der Waals surface area contributed by atoms with Gasteiger partial charge in [0, 0.05) is 67.8 Å². The minimum atomic E-state index is -0.298. The van der Waals surface area contributed by atoms with E-state index in [2.05, 4.69) is 56.9 Å². The molecule has 0 spiro atoms. The second-order valence-corrected chi connectivity index (χ2v) is 12.0. The zero-order valence-corrected chi connectivity index (χ0v) is 25.4. The Hall–Kier alpha value is -4.54. The molecule has 2 aromatic heterocycles. The van der Waals surface area contributed by atoms with Crippen LogP contribution in [-0.4, -0.2) is 81.7 Å². The second-order valence-electron chi connectivity index (χ2n) is 12.0. The van der Waals surface area contributed by atoms with Crippen molar-refractivity contribution >= 4 is 17.6 Å². The number of anilines is 1. The number of nitrogens with one attached hydrogen (secondary N) is 2. The summed E-state index contributed by atoms with van der Waals surface area (Å²) in [4.78, 5) is 34.8. The predicted molar refractivity (Wildman–Crippen MR) is 172 cm³/mol. The summed E-state index contributed by atoms with van der Waals surface area (Å²) in [6.45, 7) is 4.19. The molecule has 1 atom stereocenters. The van der Waals surface area contributed by atoms with E-state index in [9.17, 15) is 9.59 Å². The van der Waals surface area contributed by atoms with Crippen molar-refractivity contribution in [3.63, 3.8) is 0 Å². The van der Waals surface area contributed by atoms with Gasteiger partial charge in [0.25, 0.3) is 11.8 Å². The molecule has 0 bridgehead atoms. The number of hydrogen-bond donors (Lipinski definition) is 3. The van der Waals surface area contributed by atoms with Crippen LogP contribution in [0.2, 0.25) is 0 Å². The van der Waals surface area contributed by atoms with Crippen molar-refractivity contribution in [3.8, 4) is 22.3 Å². The Kier molecular flexibility index (Phi) is 8.72. The lowest BCUT2D eigenvalue weighted by Crippen LogP contribution is -2.40. The Labute approximate surface area is 258 Å². The number of aromatic nitrogens is 3. The number of aryl methyl sites for hydroxylation is 1. The number of benzene rings is 2. The van der Waals surface area contributed by atoms with Gasteiger partial charge in [-0.05, 0) is 74.3 Å². The van der Waals surface area contributed by atoms with Gasteiger partial charge >= 0.3 is 0 Å². The van der Waals surface area contributed by atoms with E-state index in [1.807, 2.05) is 37.5 Å². The molecular weight excluding hydrogens is 552 g/mol. The van der Waals surface area contributed by atoms with Crippen molar-refractivity contribution in [2.45, 2.75) is 37.9 Å². The molecule has 0 saturated carbocycles. The molecule has 2 amide bonds. The Morgan fingerprint density at radius 1 is 0.864 bits per heavy atom. The number of carbonyl (C=O) groups is 2. The van der Waals surface area contributed by atoms with Crippen LogP contribution in [0.5, 0.6) is 0 Å². The third-order valence-electron chi connectivity index (χ3n) is 8.74. The zero-order valence-electron chi connectivity index (χ0n) is 25.4. The van der Waals surface area contributed by atoms with E-state index in [-0.39, 0.29) is 23.7 Å². The van der Waals surface area contributed by atoms with Gasteiger partial charge in [-0.3, -0.25) is 14.3 Å². The first-order valence-electron chi connectivity index (χ1n) is 15.3. The highest BCUT2D eigenvalue weighted by Crippen LogP contribution is 2.24. The number of carbonyl (C=O) groups excluding carboxylic acids is 2. The fourth-order valence-electron chi connectivity index (χ4n) is 5.99. The average molecular weight is 593 g/mol. The molecule has 4 N–H and O–H groups in total. The maximum Gasteiger partial charge on any atom is 0.255 e. The molecule has 2 aliphatic rings. The Morgan fingerprint density at radius 3 is 2.23 bits per heavy atom. The van der Waals surface area contributed by atoms with E-state index >= 15 is 0 Å². The quantitative estimate of drug-likeness (QED) is 0.286. The van der Waals surface area contributed by atoms with E-state index < -0.39 is 0 Å². The summed E-state index contributed by atoms with van der Waals surface area (Å²) in [5.41, 5.74) is 12.1. The average Bonchev–Trinajstić information content (AvgIpc) is 3.70. The molecule has 228 valence electrons. The van der Waals surface area contributed by atoms with Crippen LogP contribution in [0.15, 0.2) is 73.2 Å². The lowest BCUT2D eigenvalue weighted by Gasteiger charge is -2.29. The van der Waals surface area contributed by atoms with Crippen molar-refractivity contribution in [1.82, 2.24) is 35.2 Å². The molecular formula is C34H40N8O2. The summed E-state index contributed by atoms with van der Waals surface area (Å²) >= 11 is 0. The Balaban J connectivity index is 1.02. The molecule has 10 nitrogen and oxygen atoms in total. The van der Waals surface area contributed by atoms with Crippen LogP contribution in [0.25, 0.3) is 22.3 Å². The van der Waals surface area contributed by atoms with Gasteiger partial charge in [-0.15, -0.1) is 0 Å². The van der Waals surface area contributed by atoms with Gasteiger partial charge in [-0.1, -0.05) is 36.4 Å². The first-order valence-corrected chi connectivity index (χ1v) is 15.3. The number of hydrogen-bond acceptors (Lipinski definition) is 7. The van der Waals surface area contributed by atoms with Gasteiger partial charge in [-0.25, -0.2) is 4.98 Å². The summed E-state index contributed by atoms with van der Waals surface area (Å²) in [6, 6.07) is 18.6. The van der Waals surface area contributed by atoms with Gasteiger partial charge in [0.05, 0.1) is 11.8 Å². The van der Waals surface area contributed by atoms with E-state index in [0.29, 0.717) is 36.7 Å². The molecule has 44 heavy (non-hydrogen) atoms. The third kappa shape index (κ3) is 6.82. The fraction of sp³-hybridized carbons (Fsp3) is 0.353. The highest BCUT2D eigenvalue weighted by molar-refractivity contribution is 6.00. The third-order valence-corrected chi connectivity index (χ3v) is 8.74. The van der Waals surface area contributed by atoms with E-state index in [0.717, 1.165) is 41.9 Å². The first kappa shape index (κ1) is 29.5. The van der Waals surface area contributed by atoms with Crippen molar-refractivity contribution in [1.29, 1.82) is 0 Å². The van der Waals surface area contributed by atoms with Gasteiger partial charge < -0.3 is 26.2 Å². The summed E-state index contributed by atoms with van der Waals surface area (Å²) in [6.07, 6.45) is 8.27. The van der Waals surface area contributed by atoms with E-state index in [4.69, 9.17) is 5.73 Å². The van der Waals surface area contributed by atoms with Gasteiger partial charge in [0.1, 0.15) is 5.82 Å². The zero-order chi connectivity index (χ0) is 30.6. The lowest BCUT2D eigenvalue weighted by atomic mass is 10.0. The number of pyridine rings is 1. The molecule has 6 rings (SSSR count). The molecule has 0 radical (unpaired) electrons. The predicted octanol–water partition coefficient (Wildman–Crippen LogP) is 3.56. The summed E-state index contributed by atoms with van der Waals surface area (Å²) < 4.78 is 1.69. The molecule has 4 heterocycles. The smallest absolute Gasteiger partial charge is 0.255 e. The van der Waals surface area contributed by atoms with Crippen LogP contribution in [0.3, 0.4) is 0 Å². The summed E-state index contributed by atoms with van der Waals surface area (Å²) in [7, 11) is 4.01.